The zero-order chi connectivity index (χ0) is 20.3. The molecule has 6 nitrogen and oxygen atoms in total. The third-order valence-corrected chi connectivity index (χ3v) is 7.08. The highest BCUT2D eigenvalue weighted by Crippen LogP contribution is 2.27. The Morgan fingerprint density at radius 3 is 2.54 bits per heavy atom. The highest BCUT2D eigenvalue weighted by atomic mass is 32.2. The molecule has 1 saturated heterocycles. The van der Waals surface area contributed by atoms with E-state index in [4.69, 9.17) is 4.74 Å². The number of nitrogens with one attached hydrogen (secondary N) is 1. The van der Waals surface area contributed by atoms with E-state index in [1.807, 2.05) is 19.1 Å². The summed E-state index contributed by atoms with van der Waals surface area (Å²) >= 11 is 0. The van der Waals surface area contributed by atoms with Gasteiger partial charge in [0, 0.05) is 18.8 Å². The van der Waals surface area contributed by atoms with E-state index in [0.717, 1.165) is 11.1 Å². The molecular weight excluding hydrogens is 376 g/mol. The Morgan fingerprint density at radius 1 is 1.14 bits per heavy atom. The molecule has 7 heteroatoms. The number of sulfonamides is 1. The van der Waals surface area contributed by atoms with Gasteiger partial charge >= 0.3 is 0 Å². The molecule has 1 atom stereocenters. The SMILES string of the molecule is COc1ccc(NC(=O)[C@@H]2CCCN(S(=O)(=O)c3cc(C)ccc3C)C2)cc1. The highest BCUT2D eigenvalue weighted by molar-refractivity contribution is 7.89. The lowest BCUT2D eigenvalue weighted by Crippen LogP contribution is -2.43. The Bertz CT molecular complexity index is 955. The third kappa shape index (κ3) is 4.36. The number of benzene rings is 2. The predicted octanol–water partition coefficient (Wildman–Crippen LogP) is 3.35. The van der Waals surface area contributed by atoms with Gasteiger partial charge < -0.3 is 10.1 Å². The number of nitrogens with zero attached hydrogens (tertiary/aromatic N) is 1. The van der Waals surface area contributed by atoms with Gasteiger partial charge in [-0.3, -0.25) is 4.79 Å². The summed E-state index contributed by atoms with van der Waals surface area (Å²) in [7, 11) is -2.04. The van der Waals surface area contributed by atoms with Gasteiger partial charge in [-0.25, -0.2) is 8.42 Å². The van der Waals surface area contributed by atoms with Crippen molar-refractivity contribution in [2.75, 3.05) is 25.5 Å². The number of amides is 1. The van der Waals surface area contributed by atoms with Crippen LogP contribution in [0.1, 0.15) is 24.0 Å². The summed E-state index contributed by atoms with van der Waals surface area (Å²) < 4.78 is 32.8. The molecule has 28 heavy (non-hydrogen) atoms. The molecule has 0 bridgehead atoms. The Morgan fingerprint density at radius 2 is 1.86 bits per heavy atom. The lowest BCUT2D eigenvalue weighted by Gasteiger charge is -2.31. The first kappa shape index (κ1) is 20.4. The summed E-state index contributed by atoms with van der Waals surface area (Å²) in [5.41, 5.74) is 2.28. The maximum Gasteiger partial charge on any atom is 0.243 e. The lowest BCUT2D eigenvalue weighted by atomic mass is 9.99. The smallest absolute Gasteiger partial charge is 0.243 e. The molecule has 1 aliphatic rings. The van der Waals surface area contributed by atoms with Crippen molar-refractivity contribution in [1.82, 2.24) is 4.31 Å². The van der Waals surface area contributed by atoms with E-state index in [-0.39, 0.29) is 18.4 Å². The lowest BCUT2D eigenvalue weighted by molar-refractivity contribution is -0.120. The summed E-state index contributed by atoms with van der Waals surface area (Å²) in [6.45, 7) is 4.30. The summed E-state index contributed by atoms with van der Waals surface area (Å²) in [6.07, 6.45) is 1.33. The standard InChI is InChI=1S/C21H26N2O4S/c1-15-6-7-16(2)20(13-15)28(25,26)23-12-4-5-17(14-23)21(24)22-18-8-10-19(27-3)11-9-18/h6-11,13,17H,4-5,12,14H2,1-3H3,(H,22,24)/t17-/m1/s1. The van der Waals surface area contributed by atoms with Crippen molar-refractivity contribution in [2.24, 2.45) is 5.92 Å². The van der Waals surface area contributed by atoms with Gasteiger partial charge in [-0.15, -0.1) is 0 Å². The molecule has 0 spiro atoms. The molecule has 1 fully saturated rings. The number of hydrogen-bond donors (Lipinski definition) is 1. The van der Waals surface area contributed by atoms with Crippen molar-refractivity contribution in [2.45, 2.75) is 31.6 Å². The normalized spacial score (nSPS) is 17.9. The number of carbonyl (C=O) groups is 1. The Balaban J connectivity index is 1.73. The molecule has 1 heterocycles. The highest BCUT2D eigenvalue weighted by Gasteiger charge is 2.34. The molecule has 0 aliphatic carbocycles. The molecule has 1 amide bonds. The van der Waals surface area contributed by atoms with Crippen molar-refractivity contribution < 1.29 is 17.9 Å². The van der Waals surface area contributed by atoms with Gasteiger partial charge in [0.15, 0.2) is 0 Å². The Kier molecular flexibility index (Phi) is 6.05. The minimum atomic E-state index is -3.63. The number of aryl methyl sites for hydroxylation is 2. The largest absolute Gasteiger partial charge is 0.497 e. The van der Waals surface area contributed by atoms with Crippen molar-refractivity contribution in [3.63, 3.8) is 0 Å². The first-order chi connectivity index (χ1) is 13.3. The number of piperidine rings is 1. The first-order valence-electron chi connectivity index (χ1n) is 9.33. The van der Waals surface area contributed by atoms with Crippen LogP contribution in [-0.4, -0.2) is 38.8 Å². The summed E-state index contributed by atoms with van der Waals surface area (Å²) in [6, 6.07) is 12.5. The van der Waals surface area contributed by atoms with E-state index in [2.05, 4.69) is 5.32 Å². The molecular formula is C21H26N2O4S. The quantitative estimate of drug-likeness (QED) is 0.832. The van der Waals surface area contributed by atoms with E-state index < -0.39 is 10.0 Å². The number of carbonyl (C=O) groups excluding carboxylic acids is 1. The summed E-state index contributed by atoms with van der Waals surface area (Å²) in [5.74, 6) is 0.170. The zero-order valence-corrected chi connectivity index (χ0v) is 17.3. The molecule has 2 aromatic rings. The third-order valence-electron chi connectivity index (χ3n) is 5.07. The van der Waals surface area contributed by atoms with Gasteiger partial charge in [0.2, 0.25) is 15.9 Å². The van der Waals surface area contributed by atoms with E-state index >= 15 is 0 Å². The van der Waals surface area contributed by atoms with E-state index in [9.17, 15) is 13.2 Å². The van der Waals surface area contributed by atoms with Gasteiger partial charge in [-0.2, -0.15) is 4.31 Å². The maximum atomic E-state index is 13.1. The second-order valence-corrected chi connectivity index (χ2v) is 9.10. The van der Waals surface area contributed by atoms with Crippen LogP contribution in [0.3, 0.4) is 0 Å². The fourth-order valence-corrected chi connectivity index (χ4v) is 5.25. The van der Waals surface area contributed by atoms with Crippen LogP contribution in [0, 0.1) is 19.8 Å². The molecule has 0 aromatic heterocycles. The fraction of sp³-hybridized carbons (Fsp3) is 0.381. The van der Waals surface area contributed by atoms with Crippen LogP contribution in [0.25, 0.3) is 0 Å². The molecule has 0 saturated carbocycles. The van der Waals surface area contributed by atoms with E-state index in [1.165, 1.54) is 4.31 Å². The van der Waals surface area contributed by atoms with Gasteiger partial charge in [-0.1, -0.05) is 12.1 Å². The summed E-state index contributed by atoms with van der Waals surface area (Å²) in [4.78, 5) is 13.0. The maximum absolute atomic E-state index is 13.1. The van der Waals surface area contributed by atoms with Crippen molar-refractivity contribution in [1.29, 1.82) is 0 Å². The molecule has 150 valence electrons. The Hall–Kier alpha value is -2.38. The van der Waals surface area contributed by atoms with Crippen molar-refractivity contribution in [3.8, 4) is 5.75 Å². The van der Waals surface area contributed by atoms with E-state index in [1.54, 1.807) is 44.4 Å². The number of rotatable bonds is 5. The van der Waals surface area contributed by atoms with Crippen LogP contribution in [-0.2, 0) is 14.8 Å². The number of anilines is 1. The molecule has 2 aromatic carbocycles. The first-order valence-corrected chi connectivity index (χ1v) is 10.8. The van der Waals surface area contributed by atoms with Crippen LogP contribution >= 0.6 is 0 Å². The fourth-order valence-electron chi connectivity index (χ4n) is 3.42. The minimum Gasteiger partial charge on any atom is -0.497 e. The second-order valence-electron chi connectivity index (χ2n) is 7.19. The van der Waals surface area contributed by atoms with Crippen LogP contribution in [0.4, 0.5) is 5.69 Å². The molecule has 1 N–H and O–H groups in total. The van der Waals surface area contributed by atoms with Gasteiger partial charge in [-0.05, 0) is 68.1 Å². The Labute approximate surface area is 166 Å². The molecule has 0 unspecified atom stereocenters. The van der Waals surface area contributed by atoms with Crippen LogP contribution < -0.4 is 10.1 Å². The van der Waals surface area contributed by atoms with Crippen LogP contribution in [0.15, 0.2) is 47.4 Å². The average Bonchev–Trinajstić information content (AvgIpc) is 2.70. The molecule has 1 aliphatic heterocycles. The second kappa shape index (κ2) is 8.32. The van der Waals surface area contributed by atoms with E-state index in [0.29, 0.717) is 35.7 Å². The van der Waals surface area contributed by atoms with Crippen molar-refractivity contribution in [3.05, 3.63) is 53.6 Å². The van der Waals surface area contributed by atoms with Gasteiger partial charge in [0.1, 0.15) is 5.75 Å². The number of hydrogen-bond acceptors (Lipinski definition) is 4. The van der Waals surface area contributed by atoms with Crippen LogP contribution in [0.2, 0.25) is 0 Å². The number of methoxy groups -OCH3 is 1. The topological polar surface area (TPSA) is 75.7 Å². The van der Waals surface area contributed by atoms with Crippen LogP contribution in [0.5, 0.6) is 5.75 Å². The minimum absolute atomic E-state index is 0.161. The van der Waals surface area contributed by atoms with Gasteiger partial charge in [0.05, 0.1) is 17.9 Å². The number of ether oxygens (including phenoxy) is 1. The monoisotopic (exact) mass is 402 g/mol. The summed E-state index contributed by atoms with van der Waals surface area (Å²) in [5, 5.41) is 2.88. The van der Waals surface area contributed by atoms with Crippen molar-refractivity contribution >= 4 is 21.6 Å². The predicted molar refractivity (Wildman–Crippen MR) is 109 cm³/mol. The molecule has 3 rings (SSSR count). The van der Waals surface area contributed by atoms with Gasteiger partial charge in [0.25, 0.3) is 0 Å². The average molecular weight is 403 g/mol. The molecule has 0 radical (unpaired) electrons. The zero-order valence-electron chi connectivity index (χ0n) is 16.4.